The summed E-state index contributed by atoms with van der Waals surface area (Å²) in [6.45, 7) is 4.54. The molecular weight excluding hydrogens is 284 g/mol. The molecule has 1 fully saturated rings. The molecule has 1 aliphatic rings. The number of carbonyl (C=O) groups excluding carboxylic acids is 1. The molecule has 0 radical (unpaired) electrons. The van der Waals surface area contributed by atoms with Crippen LogP contribution in [0.25, 0.3) is 0 Å². The van der Waals surface area contributed by atoms with Gasteiger partial charge in [-0.2, -0.15) is 5.10 Å². The lowest BCUT2D eigenvalue weighted by Crippen LogP contribution is -2.51. The first-order chi connectivity index (χ1) is 10.5. The quantitative estimate of drug-likeness (QED) is 0.812. The number of nitrogens with one attached hydrogen (secondary N) is 1. The van der Waals surface area contributed by atoms with Crippen molar-refractivity contribution >= 4 is 5.91 Å². The van der Waals surface area contributed by atoms with E-state index >= 15 is 0 Å². The van der Waals surface area contributed by atoms with E-state index in [0.29, 0.717) is 25.4 Å². The molecule has 7 heteroatoms. The minimum Gasteiger partial charge on any atom is -0.379 e. The molecule has 2 atom stereocenters. The number of amides is 1. The van der Waals surface area contributed by atoms with Gasteiger partial charge in [-0.25, -0.2) is 0 Å². The molecule has 0 spiro atoms. The first kappa shape index (κ1) is 16.9. The molecular formula is C15H26N4O3. The van der Waals surface area contributed by atoms with Crippen molar-refractivity contribution in [2.75, 3.05) is 40.5 Å². The second-order valence-electron chi connectivity index (χ2n) is 5.92. The Morgan fingerprint density at radius 1 is 1.59 bits per heavy atom. The molecule has 0 saturated carbocycles. The van der Waals surface area contributed by atoms with Gasteiger partial charge in [0.15, 0.2) is 0 Å². The van der Waals surface area contributed by atoms with Gasteiger partial charge >= 0.3 is 0 Å². The van der Waals surface area contributed by atoms with Crippen molar-refractivity contribution in [3.8, 4) is 0 Å². The molecule has 0 aliphatic carbocycles. The zero-order valence-corrected chi connectivity index (χ0v) is 13.8. The summed E-state index contributed by atoms with van der Waals surface area (Å²) in [4.78, 5) is 14.5. The molecule has 7 nitrogen and oxygen atoms in total. The number of carbonyl (C=O) groups is 1. The molecule has 2 heterocycles. The summed E-state index contributed by atoms with van der Waals surface area (Å²) in [6.07, 6.45) is 2.38. The predicted octanol–water partition coefficient (Wildman–Crippen LogP) is 0.194. The maximum atomic E-state index is 12.4. The fourth-order valence-electron chi connectivity index (χ4n) is 2.41. The minimum absolute atomic E-state index is 0.00497. The maximum absolute atomic E-state index is 12.4. The zero-order valence-electron chi connectivity index (χ0n) is 13.8. The van der Waals surface area contributed by atoms with Crippen LogP contribution >= 0.6 is 0 Å². The van der Waals surface area contributed by atoms with Gasteiger partial charge in [-0.1, -0.05) is 0 Å². The Morgan fingerprint density at radius 3 is 3.00 bits per heavy atom. The number of rotatable bonds is 6. The lowest BCUT2D eigenvalue weighted by atomic mass is 10.1. The second kappa shape index (κ2) is 7.71. The predicted molar refractivity (Wildman–Crippen MR) is 82.9 cm³/mol. The number of ether oxygens (including phenoxy) is 2. The highest BCUT2D eigenvalue weighted by atomic mass is 16.5. The van der Waals surface area contributed by atoms with Crippen molar-refractivity contribution in [1.82, 2.24) is 20.0 Å². The van der Waals surface area contributed by atoms with Gasteiger partial charge in [-0.05, 0) is 27.4 Å². The Kier molecular flexibility index (Phi) is 5.93. The van der Waals surface area contributed by atoms with Crippen LogP contribution in [0.15, 0.2) is 6.20 Å². The van der Waals surface area contributed by atoms with Crippen molar-refractivity contribution in [2.24, 2.45) is 7.05 Å². The van der Waals surface area contributed by atoms with E-state index in [4.69, 9.17) is 9.47 Å². The highest BCUT2D eigenvalue weighted by Crippen LogP contribution is 2.14. The average Bonchev–Trinajstić information content (AvgIpc) is 2.80. The third kappa shape index (κ3) is 4.28. The van der Waals surface area contributed by atoms with E-state index in [2.05, 4.69) is 15.3 Å². The molecule has 0 unspecified atom stereocenters. The summed E-state index contributed by atoms with van der Waals surface area (Å²) >= 11 is 0. The smallest absolute Gasteiger partial charge is 0.255 e. The van der Waals surface area contributed by atoms with Gasteiger partial charge in [0.2, 0.25) is 0 Å². The van der Waals surface area contributed by atoms with Crippen LogP contribution in [0.1, 0.15) is 22.5 Å². The van der Waals surface area contributed by atoms with Crippen molar-refractivity contribution < 1.29 is 14.3 Å². The average molecular weight is 310 g/mol. The lowest BCUT2D eigenvalue weighted by Gasteiger charge is -2.32. The lowest BCUT2D eigenvalue weighted by molar-refractivity contribution is -0.0562. The van der Waals surface area contributed by atoms with Crippen molar-refractivity contribution in [2.45, 2.75) is 25.5 Å². The van der Waals surface area contributed by atoms with Crippen LogP contribution in [-0.4, -0.2) is 73.2 Å². The Labute approximate surface area is 131 Å². The van der Waals surface area contributed by atoms with Crippen LogP contribution in [0.5, 0.6) is 0 Å². The van der Waals surface area contributed by atoms with E-state index in [1.54, 1.807) is 10.9 Å². The fraction of sp³-hybridized carbons (Fsp3) is 0.733. The number of hydrogen-bond donors (Lipinski definition) is 1. The summed E-state index contributed by atoms with van der Waals surface area (Å²) in [5.41, 5.74) is 1.44. The normalized spacial score (nSPS) is 22.0. The van der Waals surface area contributed by atoms with Gasteiger partial charge in [0.25, 0.3) is 5.91 Å². The van der Waals surface area contributed by atoms with E-state index in [1.165, 1.54) is 0 Å². The third-order valence-corrected chi connectivity index (χ3v) is 3.96. The Balaban J connectivity index is 1.93. The summed E-state index contributed by atoms with van der Waals surface area (Å²) < 4.78 is 13.1. The molecule has 22 heavy (non-hydrogen) atoms. The highest BCUT2D eigenvalue weighted by Gasteiger charge is 2.29. The van der Waals surface area contributed by atoms with Gasteiger partial charge in [0.1, 0.15) is 0 Å². The van der Waals surface area contributed by atoms with Crippen LogP contribution in [0.2, 0.25) is 0 Å². The topological polar surface area (TPSA) is 68.6 Å². The molecule has 0 aromatic carbocycles. The molecule has 124 valence electrons. The standard InChI is InChI=1S/C15H26N4O3/c1-11-12(9-16-19(11)4)15(20)17-13-10-21-7-5-14(13)22-8-6-18(2)3/h9,13-14H,5-8,10H2,1-4H3,(H,17,20)/t13-,14+/m0/s1. The number of hydrogen-bond acceptors (Lipinski definition) is 5. The molecule has 1 N–H and O–H groups in total. The van der Waals surface area contributed by atoms with Crippen molar-refractivity contribution in [3.63, 3.8) is 0 Å². The van der Waals surface area contributed by atoms with E-state index in [0.717, 1.165) is 18.7 Å². The largest absolute Gasteiger partial charge is 0.379 e. The van der Waals surface area contributed by atoms with E-state index < -0.39 is 0 Å². The molecule has 1 amide bonds. The zero-order chi connectivity index (χ0) is 16.1. The van der Waals surface area contributed by atoms with Gasteiger partial charge < -0.3 is 19.7 Å². The molecule has 2 rings (SSSR count). The molecule has 1 aliphatic heterocycles. The van der Waals surface area contributed by atoms with Gasteiger partial charge in [0.05, 0.1) is 37.1 Å². The van der Waals surface area contributed by atoms with Crippen LogP contribution in [-0.2, 0) is 16.5 Å². The minimum atomic E-state index is -0.123. The van der Waals surface area contributed by atoms with Gasteiger partial charge in [-0.15, -0.1) is 0 Å². The molecule has 1 saturated heterocycles. The SMILES string of the molecule is Cc1c(C(=O)N[C@H]2COCC[C@H]2OCCN(C)C)cnn1C. The summed E-state index contributed by atoms with van der Waals surface area (Å²) in [7, 11) is 5.85. The van der Waals surface area contributed by atoms with E-state index in [9.17, 15) is 4.79 Å². The monoisotopic (exact) mass is 310 g/mol. The number of aryl methyl sites for hydroxylation is 1. The Bertz CT molecular complexity index is 501. The maximum Gasteiger partial charge on any atom is 0.255 e. The Hall–Kier alpha value is -1.44. The second-order valence-corrected chi connectivity index (χ2v) is 5.92. The summed E-state index contributed by atoms with van der Waals surface area (Å²) in [6, 6.07) is -0.122. The van der Waals surface area contributed by atoms with Crippen molar-refractivity contribution in [3.05, 3.63) is 17.5 Å². The third-order valence-electron chi connectivity index (χ3n) is 3.96. The summed E-state index contributed by atoms with van der Waals surface area (Å²) in [5, 5.41) is 7.13. The number of likely N-dealkylation sites (N-methyl/N-ethyl adjacent to an activating group) is 1. The number of aromatic nitrogens is 2. The van der Waals surface area contributed by atoms with E-state index in [1.807, 2.05) is 28.1 Å². The van der Waals surface area contributed by atoms with Gasteiger partial charge in [-0.3, -0.25) is 9.48 Å². The first-order valence-electron chi connectivity index (χ1n) is 7.62. The molecule has 1 aromatic rings. The van der Waals surface area contributed by atoms with Crippen LogP contribution in [0.4, 0.5) is 0 Å². The van der Waals surface area contributed by atoms with Crippen LogP contribution < -0.4 is 5.32 Å². The summed E-state index contributed by atoms with van der Waals surface area (Å²) in [5.74, 6) is -0.123. The van der Waals surface area contributed by atoms with Gasteiger partial charge in [0, 0.05) is 25.9 Å². The van der Waals surface area contributed by atoms with Crippen molar-refractivity contribution in [1.29, 1.82) is 0 Å². The Morgan fingerprint density at radius 2 is 2.36 bits per heavy atom. The van der Waals surface area contributed by atoms with Crippen LogP contribution in [0.3, 0.4) is 0 Å². The highest BCUT2D eigenvalue weighted by molar-refractivity contribution is 5.95. The number of nitrogens with zero attached hydrogens (tertiary/aromatic N) is 3. The van der Waals surface area contributed by atoms with E-state index in [-0.39, 0.29) is 18.1 Å². The first-order valence-corrected chi connectivity index (χ1v) is 7.62. The van der Waals surface area contributed by atoms with Crippen LogP contribution in [0, 0.1) is 6.92 Å². The molecule has 0 bridgehead atoms. The molecule has 1 aromatic heterocycles. The fourth-order valence-corrected chi connectivity index (χ4v) is 2.41.